The Labute approximate surface area is 140 Å². The number of amides is 1. The summed E-state index contributed by atoms with van der Waals surface area (Å²) in [7, 11) is 0. The van der Waals surface area contributed by atoms with Crippen LogP contribution in [0.25, 0.3) is 0 Å². The molecule has 0 saturated carbocycles. The van der Waals surface area contributed by atoms with Gasteiger partial charge in [0.1, 0.15) is 11.6 Å². The van der Waals surface area contributed by atoms with Crippen molar-refractivity contribution >= 4 is 11.6 Å². The topological polar surface area (TPSA) is 65.7 Å². The summed E-state index contributed by atoms with van der Waals surface area (Å²) in [5.74, 6) is 0.130. The van der Waals surface area contributed by atoms with Gasteiger partial charge in [-0.05, 0) is 43.5 Å². The summed E-state index contributed by atoms with van der Waals surface area (Å²) in [6.45, 7) is 0.486. The molecule has 2 N–H and O–H groups in total. The highest BCUT2D eigenvalue weighted by molar-refractivity contribution is 5.98. The molecule has 2 aromatic rings. The van der Waals surface area contributed by atoms with Crippen LogP contribution in [0.1, 0.15) is 31.1 Å². The van der Waals surface area contributed by atoms with Crippen LogP contribution in [0.3, 0.4) is 0 Å². The minimum Gasteiger partial charge on any atom is -0.468 e. The number of hydrogen-bond donors (Lipinski definition) is 2. The van der Waals surface area contributed by atoms with Crippen molar-refractivity contribution in [2.24, 2.45) is 0 Å². The molecule has 2 heterocycles. The van der Waals surface area contributed by atoms with Crippen LogP contribution in [-0.2, 0) is 4.79 Å². The van der Waals surface area contributed by atoms with Crippen LogP contribution in [0.15, 0.2) is 47.1 Å². The van der Waals surface area contributed by atoms with Crippen LogP contribution in [0.2, 0.25) is 0 Å². The van der Waals surface area contributed by atoms with Gasteiger partial charge in [0.2, 0.25) is 5.91 Å². The lowest BCUT2D eigenvalue weighted by atomic mass is 10.0. The highest BCUT2D eigenvalue weighted by Crippen LogP contribution is 2.26. The van der Waals surface area contributed by atoms with Gasteiger partial charge in [-0.25, -0.2) is 4.39 Å². The Bertz CT molecular complexity index is 675. The molecule has 0 spiro atoms. The number of aliphatic hydroxyl groups excluding tert-OH is 1. The summed E-state index contributed by atoms with van der Waals surface area (Å²) in [6, 6.07) is 9.21. The van der Waals surface area contributed by atoms with Gasteiger partial charge >= 0.3 is 0 Å². The molecular weight excluding hydrogens is 311 g/mol. The molecule has 0 aliphatic carbocycles. The van der Waals surface area contributed by atoms with Crippen LogP contribution in [0.4, 0.5) is 10.1 Å². The van der Waals surface area contributed by atoms with E-state index in [2.05, 4.69) is 5.32 Å². The Morgan fingerprint density at radius 2 is 2.17 bits per heavy atom. The molecule has 0 bridgehead atoms. The summed E-state index contributed by atoms with van der Waals surface area (Å²) in [5.41, 5.74) is 0.311. The molecule has 24 heavy (non-hydrogen) atoms. The van der Waals surface area contributed by atoms with Gasteiger partial charge in [-0.1, -0.05) is 12.1 Å². The van der Waals surface area contributed by atoms with Crippen molar-refractivity contribution in [2.75, 3.05) is 18.1 Å². The number of rotatable bonds is 6. The SMILES string of the molecule is O=C1[C@H](N[C@H](CCO)c2ccco2)CCCN1c1ccccc1F. The van der Waals surface area contributed by atoms with Gasteiger partial charge in [0.15, 0.2) is 0 Å². The number of nitrogens with one attached hydrogen (secondary N) is 1. The summed E-state index contributed by atoms with van der Waals surface area (Å²) >= 11 is 0. The molecule has 6 heteroatoms. The molecule has 1 aliphatic rings. The predicted octanol–water partition coefficient (Wildman–Crippen LogP) is 2.63. The largest absolute Gasteiger partial charge is 0.468 e. The second kappa shape index (κ2) is 7.59. The zero-order valence-electron chi connectivity index (χ0n) is 13.3. The summed E-state index contributed by atoms with van der Waals surface area (Å²) in [6.07, 6.45) is 3.46. The average molecular weight is 332 g/mol. The molecule has 1 amide bonds. The number of aliphatic hydroxyl groups is 1. The van der Waals surface area contributed by atoms with Gasteiger partial charge in [0, 0.05) is 13.2 Å². The first-order chi connectivity index (χ1) is 11.7. The van der Waals surface area contributed by atoms with E-state index in [1.54, 1.807) is 30.5 Å². The fourth-order valence-electron chi connectivity index (χ4n) is 3.11. The number of hydrogen-bond acceptors (Lipinski definition) is 4. The summed E-state index contributed by atoms with van der Waals surface area (Å²) in [4.78, 5) is 14.3. The fraction of sp³-hybridized carbons (Fsp3) is 0.389. The van der Waals surface area contributed by atoms with E-state index in [9.17, 15) is 14.3 Å². The molecule has 3 rings (SSSR count). The zero-order chi connectivity index (χ0) is 16.9. The van der Waals surface area contributed by atoms with Gasteiger partial charge in [-0.3, -0.25) is 10.1 Å². The van der Waals surface area contributed by atoms with Gasteiger partial charge < -0.3 is 14.4 Å². The number of para-hydroxylation sites is 1. The molecular formula is C18H21FN2O3. The quantitative estimate of drug-likeness (QED) is 0.853. The molecule has 1 saturated heterocycles. The van der Waals surface area contributed by atoms with Crippen molar-refractivity contribution in [1.29, 1.82) is 0 Å². The minimum absolute atomic E-state index is 0.0176. The second-order valence-corrected chi connectivity index (χ2v) is 5.88. The van der Waals surface area contributed by atoms with Gasteiger partial charge in [-0.15, -0.1) is 0 Å². The first kappa shape index (κ1) is 16.7. The van der Waals surface area contributed by atoms with E-state index in [0.717, 1.165) is 6.42 Å². The van der Waals surface area contributed by atoms with Gasteiger partial charge in [0.25, 0.3) is 0 Å². The highest BCUT2D eigenvalue weighted by atomic mass is 19.1. The molecule has 1 aromatic carbocycles. The molecule has 128 valence electrons. The lowest BCUT2D eigenvalue weighted by molar-refractivity contribution is -0.122. The van der Waals surface area contributed by atoms with E-state index in [1.165, 1.54) is 11.0 Å². The monoisotopic (exact) mass is 332 g/mol. The molecule has 0 unspecified atom stereocenters. The molecule has 5 nitrogen and oxygen atoms in total. The Balaban J connectivity index is 1.76. The van der Waals surface area contributed by atoms with Crippen molar-refractivity contribution < 1.29 is 18.7 Å². The standard InChI is InChI=1S/C18H21FN2O3/c19-13-5-1-2-7-16(13)21-10-3-6-15(18(21)23)20-14(9-11-22)17-8-4-12-24-17/h1-2,4-5,7-8,12,14-15,20,22H,3,6,9-11H2/t14-,15-/m1/s1. The van der Waals surface area contributed by atoms with Crippen LogP contribution >= 0.6 is 0 Å². The maximum Gasteiger partial charge on any atom is 0.244 e. The first-order valence-electron chi connectivity index (χ1n) is 8.17. The predicted molar refractivity (Wildman–Crippen MR) is 88.1 cm³/mol. The van der Waals surface area contributed by atoms with Crippen LogP contribution in [-0.4, -0.2) is 30.2 Å². The smallest absolute Gasteiger partial charge is 0.244 e. The van der Waals surface area contributed by atoms with E-state index in [1.807, 2.05) is 6.07 Å². The molecule has 1 aromatic heterocycles. The maximum absolute atomic E-state index is 14.0. The lowest BCUT2D eigenvalue weighted by Crippen LogP contribution is -2.52. The van der Waals surface area contributed by atoms with E-state index in [-0.39, 0.29) is 18.6 Å². The third-order valence-corrected chi connectivity index (χ3v) is 4.29. The summed E-state index contributed by atoms with van der Waals surface area (Å²) in [5, 5.41) is 12.5. The molecule has 1 aliphatic heterocycles. The minimum atomic E-state index is -0.431. The number of carbonyl (C=O) groups excluding carboxylic acids is 1. The number of carbonyl (C=O) groups is 1. The zero-order valence-corrected chi connectivity index (χ0v) is 13.3. The Hall–Kier alpha value is -2.18. The van der Waals surface area contributed by atoms with Crippen molar-refractivity contribution in [3.63, 3.8) is 0 Å². The first-order valence-corrected chi connectivity index (χ1v) is 8.17. The van der Waals surface area contributed by atoms with E-state index >= 15 is 0 Å². The van der Waals surface area contributed by atoms with E-state index in [0.29, 0.717) is 30.8 Å². The van der Waals surface area contributed by atoms with Crippen molar-refractivity contribution in [3.05, 3.63) is 54.2 Å². The number of piperidine rings is 1. The number of halogens is 1. The number of anilines is 1. The van der Waals surface area contributed by atoms with E-state index in [4.69, 9.17) is 4.42 Å². The fourth-order valence-corrected chi connectivity index (χ4v) is 3.11. The molecule has 2 atom stereocenters. The van der Waals surface area contributed by atoms with Gasteiger partial charge in [0.05, 0.1) is 24.0 Å². The van der Waals surface area contributed by atoms with Crippen molar-refractivity contribution in [1.82, 2.24) is 5.32 Å². The Kier molecular flexibility index (Phi) is 5.27. The van der Waals surface area contributed by atoms with Crippen LogP contribution in [0, 0.1) is 5.82 Å². The Morgan fingerprint density at radius 1 is 1.33 bits per heavy atom. The summed E-state index contributed by atoms with van der Waals surface area (Å²) < 4.78 is 19.4. The number of benzene rings is 1. The number of furan rings is 1. The highest BCUT2D eigenvalue weighted by Gasteiger charge is 2.32. The average Bonchev–Trinajstić information content (AvgIpc) is 3.11. The normalized spacial score (nSPS) is 19.5. The van der Waals surface area contributed by atoms with Crippen LogP contribution in [0.5, 0.6) is 0 Å². The van der Waals surface area contributed by atoms with Crippen LogP contribution < -0.4 is 10.2 Å². The maximum atomic E-state index is 14.0. The molecule has 0 radical (unpaired) electrons. The van der Waals surface area contributed by atoms with Crippen molar-refractivity contribution in [3.8, 4) is 0 Å². The molecule has 1 fully saturated rings. The van der Waals surface area contributed by atoms with E-state index < -0.39 is 11.9 Å². The lowest BCUT2D eigenvalue weighted by Gasteiger charge is -2.34. The third kappa shape index (κ3) is 3.49. The second-order valence-electron chi connectivity index (χ2n) is 5.88. The van der Waals surface area contributed by atoms with Gasteiger partial charge in [-0.2, -0.15) is 0 Å². The Morgan fingerprint density at radius 3 is 2.88 bits per heavy atom. The third-order valence-electron chi connectivity index (χ3n) is 4.29. The van der Waals surface area contributed by atoms with Crippen molar-refractivity contribution in [2.45, 2.75) is 31.3 Å². The number of nitrogens with zero attached hydrogens (tertiary/aromatic N) is 1.